The minimum atomic E-state index is -0.0632. The molecule has 6 heteroatoms. The number of carbonyl (C=O) groups is 1. The minimum Gasteiger partial charge on any atom is -0.496 e. The summed E-state index contributed by atoms with van der Waals surface area (Å²) in [6.45, 7) is 4.15. The summed E-state index contributed by atoms with van der Waals surface area (Å²) in [7, 11) is 5.42. The summed E-state index contributed by atoms with van der Waals surface area (Å²) in [5, 5.41) is 0. The maximum atomic E-state index is 13.2. The lowest BCUT2D eigenvalue weighted by molar-refractivity contribution is 0.102. The molecule has 0 aromatic heterocycles. The van der Waals surface area contributed by atoms with Crippen LogP contribution >= 0.6 is 0 Å². The Morgan fingerprint density at radius 2 is 1.86 bits per heavy atom. The smallest absolute Gasteiger partial charge is 0.231 e. The first-order valence-electron chi connectivity index (χ1n) is 9.12. The van der Waals surface area contributed by atoms with Gasteiger partial charge >= 0.3 is 0 Å². The SMILES string of the molecule is COc1cc2c(cc1/C=C(/C(=O)c1ccc(N(C)C)c(N)c1)C(C)C)OCO2. The van der Waals surface area contributed by atoms with Gasteiger partial charge < -0.3 is 24.8 Å². The highest BCUT2D eigenvalue weighted by Gasteiger charge is 2.21. The number of ether oxygens (including phenoxy) is 3. The first kappa shape index (κ1) is 19.6. The van der Waals surface area contributed by atoms with Crippen LogP contribution < -0.4 is 24.8 Å². The molecule has 0 saturated heterocycles. The molecule has 1 heterocycles. The molecule has 0 atom stereocenters. The molecular weight excluding hydrogens is 356 g/mol. The monoisotopic (exact) mass is 382 g/mol. The van der Waals surface area contributed by atoms with Gasteiger partial charge in [-0.2, -0.15) is 0 Å². The quantitative estimate of drug-likeness (QED) is 0.463. The lowest BCUT2D eigenvalue weighted by atomic mass is 9.92. The Balaban J connectivity index is 2.02. The van der Waals surface area contributed by atoms with E-state index in [9.17, 15) is 4.79 Å². The van der Waals surface area contributed by atoms with Crippen molar-refractivity contribution >= 4 is 23.2 Å². The van der Waals surface area contributed by atoms with Crippen LogP contribution in [-0.2, 0) is 0 Å². The van der Waals surface area contributed by atoms with E-state index in [0.717, 1.165) is 11.3 Å². The molecule has 0 fully saturated rings. The van der Waals surface area contributed by atoms with Crippen LogP contribution in [0.4, 0.5) is 11.4 Å². The Morgan fingerprint density at radius 3 is 2.43 bits per heavy atom. The predicted molar refractivity (Wildman–Crippen MR) is 111 cm³/mol. The van der Waals surface area contributed by atoms with E-state index in [0.29, 0.717) is 34.1 Å². The largest absolute Gasteiger partial charge is 0.496 e. The summed E-state index contributed by atoms with van der Waals surface area (Å²) in [4.78, 5) is 15.1. The number of nitrogens with zero attached hydrogens (tertiary/aromatic N) is 1. The van der Waals surface area contributed by atoms with Crippen molar-refractivity contribution in [3.8, 4) is 17.2 Å². The van der Waals surface area contributed by atoms with Crippen LogP contribution in [0.15, 0.2) is 35.9 Å². The molecule has 148 valence electrons. The normalized spacial score (nSPS) is 13.0. The number of hydrogen-bond acceptors (Lipinski definition) is 6. The molecule has 0 bridgehead atoms. The van der Waals surface area contributed by atoms with E-state index in [1.807, 2.05) is 51.1 Å². The lowest BCUT2D eigenvalue weighted by Crippen LogP contribution is -2.13. The van der Waals surface area contributed by atoms with Crippen molar-refractivity contribution in [3.05, 3.63) is 47.0 Å². The number of rotatable bonds is 6. The summed E-state index contributed by atoms with van der Waals surface area (Å²) < 4.78 is 16.3. The number of methoxy groups -OCH3 is 1. The van der Waals surface area contributed by atoms with Crippen molar-refractivity contribution in [1.29, 1.82) is 0 Å². The van der Waals surface area contributed by atoms with E-state index in [-0.39, 0.29) is 18.5 Å². The summed E-state index contributed by atoms with van der Waals surface area (Å²) in [6.07, 6.45) is 1.85. The zero-order valence-electron chi connectivity index (χ0n) is 16.9. The van der Waals surface area contributed by atoms with Crippen molar-refractivity contribution in [2.45, 2.75) is 13.8 Å². The fraction of sp³-hybridized carbons (Fsp3) is 0.318. The van der Waals surface area contributed by atoms with Gasteiger partial charge in [0.05, 0.1) is 18.5 Å². The van der Waals surface area contributed by atoms with Gasteiger partial charge in [-0.3, -0.25) is 4.79 Å². The third-order valence-corrected chi connectivity index (χ3v) is 4.69. The Labute approximate surface area is 165 Å². The Morgan fingerprint density at radius 1 is 1.18 bits per heavy atom. The highest BCUT2D eigenvalue weighted by atomic mass is 16.7. The molecule has 0 aliphatic carbocycles. The number of ketones is 1. The second-order valence-corrected chi connectivity index (χ2v) is 7.20. The molecule has 0 spiro atoms. The van der Waals surface area contributed by atoms with E-state index >= 15 is 0 Å². The van der Waals surface area contributed by atoms with Crippen LogP contribution in [0.25, 0.3) is 6.08 Å². The summed E-state index contributed by atoms with van der Waals surface area (Å²) in [5.74, 6) is 1.85. The number of nitrogens with two attached hydrogens (primary N) is 1. The van der Waals surface area contributed by atoms with Crippen LogP contribution in [0.5, 0.6) is 17.2 Å². The number of carbonyl (C=O) groups excluding carboxylic acids is 1. The third kappa shape index (κ3) is 3.76. The molecule has 3 rings (SSSR count). The molecule has 1 aliphatic rings. The topological polar surface area (TPSA) is 74.0 Å². The van der Waals surface area contributed by atoms with Crippen LogP contribution in [0, 0.1) is 5.92 Å². The summed E-state index contributed by atoms with van der Waals surface area (Å²) in [6, 6.07) is 9.01. The second-order valence-electron chi connectivity index (χ2n) is 7.20. The van der Waals surface area contributed by atoms with Gasteiger partial charge in [0, 0.05) is 36.9 Å². The molecule has 0 radical (unpaired) electrons. The molecule has 28 heavy (non-hydrogen) atoms. The molecule has 2 aromatic rings. The van der Waals surface area contributed by atoms with E-state index in [4.69, 9.17) is 19.9 Å². The highest BCUT2D eigenvalue weighted by Crippen LogP contribution is 2.39. The molecule has 0 unspecified atom stereocenters. The van der Waals surface area contributed by atoms with Crippen molar-refractivity contribution in [2.75, 3.05) is 38.6 Å². The number of anilines is 2. The molecule has 2 N–H and O–H groups in total. The van der Waals surface area contributed by atoms with Gasteiger partial charge in [0.15, 0.2) is 17.3 Å². The van der Waals surface area contributed by atoms with Gasteiger partial charge in [-0.1, -0.05) is 13.8 Å². The maximum Gasteiger partial charge on any atom is 0.231 e. The number of benzene rings is 2. The number of hydrogen-bond donors (Lipinski definition) is 1. The summed E-state index contributed by atoms with van der Waals surface area (Å²) in [5.41, 5.74) is 9.56. The van der Waals surface area contributed by atoms with Gasteiger partial charge in [-0.15, -0.1) is 0 Å². The van der Waals surface area contributed by atoms with Crippen molar-refractivity contribution in [1.82, 2.24) is 0 Å². The van der Waals surface area contributed by atoms with Gasteiger partial charge in [0.2, 0.25) is 6.79 Å². The molecular formula is C22H26N2O4. The molecule has 0 saturated carbocycles. The van der Waals surface area contributed by atoms with Crippen LogP contribution in [0.3, 0.4) is 0 Å². The van der Waals surface area contributed by atoms with E-state index in [1.54, 1.807) is 25.3 Å². The second kappa shape index (κ2) is 7.84. The highest BCUT2D eigenvalue weighted by molar-refractivity contribution is 6.12. The summed E-state index contributed by atoms with van der Waals surface area (Å²) >= 11 is 0. The van der Waals surface area contributed by atoms with Crippen molar-refractivity contribution in [3.63, 3.8) is 0 Å². The van der Waals surface area contributed by atoms with Crippen LogP contribution in [0.1, 0.15) is 29.8 Å². The number of fused-ring (bicyclic) bond motifs is 1. The molecule has 1 aliphatic heterocycles. The van der Waals surface area contributed by atoms with Gasteiger partial charge in [-0.05, 0) is 36.3 Å². The average Bonchev–Trinajstić information content (AvgIpc) is 3.11. The fourth-order valence-electron chi connectivity index (χ4n) is 3.16. The zero-order chi connectivity index (χ0) is 20.4. The zero-order valence-corrected chi connectivity index (χ0v) is 16.9. The van der Waals surface area contributed by atoms with Crippen LogP contribution in [0.2, 0.25) is 0 Å². The number of nitrogen functional groups attached to an aromatic ring is 1. The average molecular weight is 382 g/mol. The van der Waals surface area contributed by atoms with E-state index in [2.05, 4.69) is 0 Å². The maximum absolute atomic E-state index is 13.2. The standard InChI is InChI=1S/C22H26N2O4/c1-13(2)16(22(25)14-6-7-18(24(3)4)17(23)9-14)8-15-10-20-21(28-12-27-20)11-19(15)26-5/h6-11,13H,12,23H2,1-5H3/b16-8+. The van der Waals surface area contributed by atoms with E-state index in [1.165, 1.54) is 0 Å². The molecule has 6 nitrogen and oxygen atoms in total. The Kier molecular flexibility index (Phi) is 5.49. The lowest BCUT2D eigenvalue weighted by Gasteiger charge is -2.17. The number of Topliss-reactive ketones (excluding diaryl/α,β-unsaturated/α-hetero) is 1. The Bertz CT molecular complexity index is 932. The minimum absolute atomic E-state index is 0.0115. The van der Waals surface area contributed by atoms with Crippen molar-refractivity contribution < 1.29 is 19.0 Å². The Hall–Kier alpha value is -3.15. The first-order chi connectivity index (χ1) is 13.3. The van der Waals surface area contributed by atoms with Crippen molar-refractivity contribution in [2.24, 2.45) is 5.92 Å². The van der Waals surface area contributed by atoms with Crippen LogP contribution in [-0.4, -0.2) is 33.8 Å². The van der Waals surface area contributed by atoms with Gasteiger partial charge in [0.1, 0.15) is 5.75 Å². The number of allylic oxidation sites excluding steroid dienone is 1. The van der Waals surface area contributed by atoms with E-state index < -0.39 is 0 Å². The predicted octanol–water partition coefficient (Wildman–Crippen LogP) is 3.99. The van der Waals surface area contributed by atoms with Gasteiger partial charge in [-0.25, -0.2) is 0 Å². The third-order valence-electron chi connectivity index (χ3n) is 4.69. The molecule has 0 amide bonds. The fourth-order valence-corrected chi connectivity index (χ4v) is 3.16. The van der Waals surface area contributed by atoms with Gasteiger partial charge in [0.25, 0.3) is 0 Å². The first-order valence-corrected chi connectivity index (χ1v) is 9.12. The molecule has 2 aromatic carbocycles.